The number of carbonyl (C=O) groups is 1. The summed E-state index contributed by atoms with van der Waals surface area (Å²) in [6.07, 6.45) is 79.6. The molecule has 0 heterocycles. The van der Waals surface area contributed by atoms with Crippen LogP contribution in [0.4, 0.5) is 0 Å². The SMILES string of the molecule is CC/C=C\C/C=C\C/C=C\C/C=C\C/C=C\C/C=C\CCCCCCCCC(=O)NC(COP(=O)([O-])OCC[N+](C)(C)C)C(O)/C=C/CCCCCCCCCCCCCCCCCCCCCCCCCCCC. The third kappa shape index (κ3) is 59.2. The van der Waals surface area contributed by atoms with Crippen molar-refractivity contribution in [2.75, 3.05) is 40.9 Å². The molecule has 0 fully saturated rings. The van der Waals surface area contributed by atoms with E-state index in [-0.39, 0.29) is 12.5 Å². The topological polar surface area (TPSA) is 108 Å². The minimum atomic E-state index is -4.61. The Morgan fingerprint density at radius 2 is 0.813 bits per heavy atom. The molecule has 0 radical (unpaired) electrons. The molecule has 0 aromatic rings. The highest BCUT2D eigenvalue weighted by Crippen LogP contribution is 2.38. The Bertz CT molecular complexity index is 1500. The highest BCUT2D eigenvalue weighted by molar-refractivity contribution is 7.45. The number of carbonyl (C=O) groups excluding carboxylic acids is 1. The maximum absolute atomic E-state index is 13.0. The van der Waals surface area contributed by atoms with Crippen LogP contribution in [0.2, 0.25) is 0 Å². The molecule has 0 aliphatic rings. The molecule has 0 spiro atoms. The van der Waals surface area contributed by atoms with Crippen molar-refractivity contribution in [3.05, 3.63) is 85.1 Å². The number of rotatable bonds is 57. The zero-order valence-electron chi connectivity index (χ0n) is 49.7. The average molecular weight is 1070 g/mol. The number of hydrogen-bond acceptors (Lipinski definition) is 6. The number of likely N-dealkylation sites (N-methyl/N-ethyl adjacent to an activating group) is 1. The standard InChI is InChI=1S/C66H121N2O6P/c1-6-8-10-12-14-16-18-20-22-24-26-28-30-32-33-34-36-37-39-41-43-45-47-49-51-53-55-57-59-65(69)64(63-74-75(71,72)73-62-61-68(3,4)5)67-66(70)60-58-56-54-52-50-48-46-44-42-40-38-35-31-29-27-25-23-21-19-17-15-13-11-9-7-2/h9,11,15,17,21,23,27,29,35,38,42,44,57,59,64-65,69H,6-8,10,12-14,16,18-20,22,24-26,28,30-34,36-37,39-41,43,45-56,58,60-63H2,1-5H3,(H-,67,70,71,72)/b11-9-,17-15-,23-21-,29-27-,38-35-,44-42-,59-57+. The summed E-state index contributed by atoms with van der Waals surface area (Å²) in [4.78, 5) is 25.6. The normalized spacial score (nSPS) is 14.4. The number of nitrogens with one attached hydrogen (secondary N) is 1. The van der Waals surface area contributed by atoms with Gasteiger partial charge >= 0.3 is 0 Å². The smallest absolute Gasteiger partial charge is 0.268 e. The van der Waals surface area contributed by atoms with E-state index in [2.05, 4.69) is 92.1 Å². The number of phosphoric ester groups is 1. The quantitative estimate of drug-likeness (QED) is 0.0272. The van der Waals surface area contributed by atoms with Gasteiger partial charge in [0.15, 0.2) is 0 Å². The third-order valence-corrected chi connectivity index (χ3v) is 14.8. The first-order valence-electron chi connectivity index (χ1n) is 31.4. The van der Waals surface area contributed by atoms with Crippen LogP contribution in [-0.4, -0.2) is 68.5 Å². The lowest BCUT2D eigenvalue weighted by Gasteiger charge is -2.29. The fourth-order valence-electron chi connectivity index (χ4n) is 8.98. The molecule has 0 saturated heterocycles. The summed E-state index contributed by atoms with van der Waals surface area (Å²) in [5.41, 5.74) is 0. The van der Waals surface area contributed by atoms with Gasteiger partial charge in [0.1, 0.15) is 13.2 Å². The van der Waals surface area contributed by atoms with E-state index >= 15 is 0 Å². The van der Waals surface area contributed by atoms with Crippen LogP contribution in [0.3, 0.4) is 0 Å². The van der Waals surface area contributed by atoms with Crippen molar-refractivity contribution in [2.24, 2.45) is 0 Å². The lowest BCUT2D eigenvalue weighted by Crippen LogP contribution is -2.45. The number of hydrogen-bond donors (Lipinski definition) is 2. The van der Waals surface area contributed by atoms with E-state index in [1.807, 2.05) is 27.2 Å². The van der Waals surface area contributed by atoms with Gasteiger partial charge in [0, 0.05) is 6.42 Å². The first kappa shape index (κ1) is 72.7. The van der Waals surface area contributed by atoms with Gasteiger partial charge < -0.3 is 28.8 Å². The zero-order chi connectivity index (χ0) is 54.9. The predicted octanol–water partition coefficient (Wildman–Crippen LogP) is 19.0. The van der Waals surface area contributed by atoms with Gasteiger partial charge in [0.2, 0.25) is 5.91 Å². The number of unbranched alkanes of at least 4 members (excludes halogenated alkanes) is 32. The van der Waals surface area contributed by atoms with Crippen molar-refractivity contribution in [1.29, 1.82) is 0 Å². The van der Waals surface area contributed by atoms with Crippen molar-refractivity contribution in [2.45, 2.75) is 289 Å². The number of aliphatic hydroxyl groups excluding tert-OH is 1. The second-order valence-corrected chi connectivity index (χ2v) is 23.8. The molecule has 0 rings (SSSR count). The van der Waals surface area contributed by atoms with Crippen LogP contribution in [0.15, 0.2) is 85.1 Å². The summed E-state index contributed by atoms with van der Waals surface area (Å²) in [5.74, 6) is -0.212. The first-order chi connectivity index (χ1) is 36.5. The average Bonchev–Trinajstić information content (AvgIpc) is 3.37. The Balaban J connectivity index is 4.21. The van der Waals surface area contributed by atoms with Crippen LogP contribution in [0.1, 0.15) is 277 Å². The first-order valence-corrected chi connectivity index (χ1v) is 32.9. The zero-order valence-corrected chi connectivity index (χ0v) is 50.6. The molecule has 0 saturated carbocycles. The summed E-state index contributed by atoms with van der Waals surface area (Å²) in [7, 11) is 1.24. The van der Waals surface area contributed by atoms with E-state index < -0.39 is 26.6 Å². The summed E-state index contributed by atoms with van der Waals surface area (Å²) in [5, 5.41) is 13.9. The van der Waals surface area contributed by atoms with Crippen molar-refractivity contribution < 1.29 is 32.9 Å². The van der Waals surface area contributed by atoms with Crippen molar-refractivity contribution in [1.82, 2.24) is 5.32 Å². The molecule has 3 atom stereocenters. The third-order valence-electron chi connectivity index (χ3n) is 13.9. The van der Waals surface area contributed by atoms with E-state index in [0.29, 0.717) is 17.4 Å². The van der Waals surface area contributed by atoms with Gasteiger partial charge in [-0.2, -0.15) is 0 Å². The van der Waals surface area contributed by atoms with Crippen LogP contribution in [0.25, 0.3) is 0 Å². The molecule has 9 heteroatoms. The van der Waals surface area contributed by atoms with Gasteiger partial charge in [-0.05, 0) is 70.6 Å². The Morgan fingerprint density at radius 3 is 1.19 bits per heavy atom. The number of nitrogens with zero attached hydrogens (tertiary/aromatic N) is 1. The Labute approximate surface area is 465 Å². The maximum atomic E-state index is 13.0. The van der Waals surface area contributed by atoms with Crippen LogP contribution >= 0.6 is 7.82 Å². The molecule has 2 N–H and O–H groups in total. The van der Waals surface area contributed by atoms with Gasteiger partial charge in [0.25, 0.3) is 7.82 Å². The minimum Gasteiger partial charge on any atom is -0.756 e. The Morgan fingerprint density at radius 1 is 0.480 bits per heavy atom. The van der Waals surface area contributed by atoms with Gasteiger partial charge in [-0.1, -0.05) is 285 Å². The molecule has 3 unspecified atom stereocenters. The molecule has 8 nitrogen and oxygen atoms in total. The second-order valence-electron chi connectivity index (χ2n) is 22.4. The molecular formula is C66H121N2O6P. The van der Waals surface area contributed by atoms with Gasteiger partial charge in [-0.15, -0.1) is 0 Å². The van der Waals surface area contributed by atoms with Crippen LogP contribution < -0.4 is 10.2 Å². The van der Waals surface area contributed by atoms with Crippen molar-refractivity contribution in [3.8, 4) is 0 Å². The van der Waals surface area contributed by atoms with Crippen LogP contribution in [0, 0.1) is 0 Å². The van der Waals surface area contributed by atoms with E-state index in [1.54, 1.807) is 6.08 Å². The molecule has 436 valence electrons. The molecule has 1 amide bonds. The molecule has 75 heavy (non-hydrogen) atoms. The summed E-state index contributed by atoms with van der Waals surface area (Å²) >= 11 is 0. The molecule has 0 aromatic heterocycles. The number of quaternary nitrogens is 1. The summed E-state index contributed by atoms with van der Waals surface area (Å²) in [6, 6.07) is -0.902. The van der Waals surface area contributed by atoms with Gasteiger partial charge in [-0.3, -0.25) is 9.36 Å². The highest BCUT2D eigenvalue weighted by atomic mass is 31.2. The predicted molar refractivity (Wildman–Crippen MR) is 325 cm³/mol. The van der Waals surface area contributed by atoms with Crippen LogP contribution in [-0.2, 0) is 18.4 Å². The number of aliphatic hydroxyl groups is 1. The van der Waals surface area contributed by atoms with Crippen molar-refractivity contribution >= 4 is 13.7 Å². The highest BCUT2D eigenvalue weighted by Gasteiger charge is 2.23. The Kier molecular flexibility index (Phi) is 54.7. The second kappa shape index (κ2) is 56.4. The van der Waals surface area contributed by atoms with E-state index in [0.717, 1.165) is 96.3 Å². The largest absolute Gasteiger partial charge is 0.756 e. The van der Waals surface area contributed by atoms with E-state index in [9.17, 15) is 19.4 Å². The van der Waals surface area contributed by atoms with Crippen molar-refractivity contribution in [3.63, 3.8) is 0 Å². The maximum Gasteiger partial charge on any atom is 0.268 e. The van der Waals surface area contributed by atoms with Gasteiger partial charge in [0.05, 0.1) is 39.9 Å². The lowest BCUT2D eigenvalue weighted by molar-refractivity contribution is -0.870. The molecule has 0 bridgehead atoms. The summed E-state index contributed by atoms with van der Waals surface area (Å²) < 4.78 is 23.4. The molecular weight excluding hydrogens is 948 g/mol. The van der Waals surface area contributed by atoms with E-state index in [4.69, 9.17) is 9.05 Å². The summed E-state index contributed by atoms with van der Waals surface area (Å²) in [6.45, 7) is 4.54. The number of phosphoric acid groups is 1. The van der Waals surface area contributed by atoms with E-state index in [1.165, 1.54) is 161 Å². The molecule has 0 aliphatic carbocycles. The fraction of sp³-hybridized carbons (Fsp3) is 0.773. The fourth-order valence-corrected chi connectivity index (χ4v) is 9.71. The number of allylic oxidation sites excluding steroid dienone is 13. The molecule has 0 aliphatic heterocycles. The Hall–Kier alpha value is -2.32. The monoisotopic (exact) mass is 1070 g/mol. The lowest BCUT2D eigenvalue weighted by atomic mass is 10.0. The molecule has 0 aromatic carbocycles. The van der Waals surface area contributed by atoms with Crippen LogP contribution in [0.5, 0.6) is 0 Å². The minimum absolute atomic E-state index is 0.00804. The van der Waals surface area contributed by atoms with Gasteiger partial charge in [-0.25, -0.2) is 0 Å². The number of amides is 1.